The fourth-order valence-electron chi connectivity index (χ4n) is 3.40. The van der Waals surface area contributed by atoms with Crippen molar-refractivity contribution >= 4 is 17.7 Å². The summed E-state index contributed by atoms with van der Waals surface area (Å²) >= 11 is 0. The third-order valence-electron chi connectivity index (χ3n) is 4.74. The molecule has 3 amide bonds. The fraction of sp³-hybridized carbons (Fsp3) is 0.500. The highest BCUT2D eigenvalue weighted by Crippen LogP contribution is 2.25. The largest absolute Gasteiger partial charge is 0.341 e. The Morgan fingerprint density at radius 2 is 1.39 bits per heavy atom. The topological polar surface area (TPSA) is 57.7 Å². The van der Waals surface area contributed by atoms with Crippen LogP contribution in [0.1, 0.15) is 59.7 Å². The molecule has 5 heteroatoms. The number of hydrogen-bond donors (Lipinski definition) is 0. The first-order chi connectivity index (χ1) is 11.1. The quantitative estimate of drug-likeness (QED) is 0.788. The lowest BCUT2D eigenvalue weighted by Gasteiger charge is -2.30. The van der Waals surface area contributed by atoms with Crippen LogP contribution < -0.4 is 0 Å². The number of fused-ring (bicyclic) bond motifs is 1. The number of carbonyl (C=O) groups is 3. The van der Waals surface area contributed by atoms with Crippen molar-refractivity contribution in [2.24, 2.45) is 0 Å². The second kappa shape index (κ2) is 6.52. The molecule has 1 aromatic carbocycles. The van der Waals surface area contributed by atoms with Crippen molar-refractivity contribution in [3.8, 4) is 0 Å². The number of nitrogens with zero attached hydrogens (tertiary/aromatic N) is 2. The summed E-state index contributed by atoms with van der Waals surface area (Å²) in [6.45, 7) is 3.08. The van der Waals surface area contributed by atoms with Gasteiger partial charge in [0.05, 0.1) is 11.1 Å². The summed E-state index contributed by atoms with van der Waals surface area (Å²) < 4.78 is 0. The molecule has 0 aliphatic carbocycles. The van der Waals surface area contributed by atoms with E-state index in [0.717, 1.165) is 30.6 Å². The standard InChI is InChI=1S/C18H22N2O3/c1-13(16(21)19-11-7-3-2-4-8-12-19)20-17(22)14-9-5-6-10-15(14)18(20)23/h5-6,9-10,13H,2-4,7-8,11-12H2,1H3. The van der Waals surface area contributed by atoms with E-state index in [2.05, 4.69) is 0 Å². The van der Waals surface area contributed by atoms with Crippen LogP contribution in [0.5, 0.6) is 0 Å². The summed E-state index contributed by atoms with van der Waals surface area (Å²) in [5.74, 6) is -0.849. The molecule has 1 saturated heterocycles. The van der Waals surface area contributed by atoms with Crippen LogP contribution in [-0.2, 0) is 4.79 Å². The van der Waals surface area contributed by atoms with Crippen molar-refractivity contribution in [2.75, 3.05) is 13.1 Å². The number of likely N-dealkylation sites (tertiary alicyclic amines) is 1. The van der Waals surface area contributed by atoms with Crippen molar-refractivity contribution in [1.29, 1.82) is 0 Å². The van der Waals surface area contributed by atoms with E-state index in [9.17, 15) is 14.4 Å². The minimum atomic E-state index is -0.748. The van der Waals surface area contributed by atoms with Gasteiger partial charge in [-0.2, -0.15) is 0 Å². The van der Waals surface area contributed by atoms with Gasteiger partial charge >= 0.3 is 0 Å². The van der Waals surface area contributed by atoms with Crippen molar-refractivity contribution < 1.29 is 14.4 Å². The molecule has 1 unspecified atom stereocenters. The molecular formula is C18H22N2O3. The van der Waals surface area contributed by atoms with Gasteiger partial charge in [-0.15, -0.1) is 0 Å². The summed E-state index contributed by atoms with van der Waals surface area (Å²) in [4.78, 5) is 40.7. The molecule has 1 fully saturated rings. The highest BCUT2D eigenvalue weighted by Gasteiger charge is 2.41. The molecule has 1 aromatic rings. The molecular weight excluding hydrogens is 292 g/mol. The highest BCUT2D eigenvalue weighted by atomic mass is 16.2. The molecule has 2 aliphatic heterocycles. The predicted octanol–water partition coefficient (Wildman–Crippen LogP) is 2.46. The fourth-order valence-corrected chi connectivity index (χ4v) is 3.40. The van der Waals surface area contributed by atoms with Crippen LogP contribution in [0.25, 0.3) is 0 Å². The van der Waals surface area contributed by atoms with Crippen molar-refractivity contribution in [2.45, 2.75) is 45.1 Å². The molecule has 2 aliphatic rings. The molecule has 0 aromatic heterocycles. The van der Waals surface area contributed by atoms with E-state index < -0.39 is 6.04 Å². The first-order valence-corrected chi connectivity index (χ1v) is 8.37. The normalized spacial score (nSPS) is 20.0. The third kappa shape index (κ3) is 2.87. The summed E-state index contributed by atoms with van der Waals surface area (Å²) in [7, 11) is 0. The molecule has 0 N–H and O–H groups in total. The SMILES string of the molecule is CC(C(=O)N1CCCCCCC1)N1C(=O)c2ccccc2C1=O. The van der Waals surface area contributed by atoms with Gasteiger partial charge in [0.2, 0.25) is 5.91 Å². The van der Waals surface area contributed by atoms with E-state index >= 15 is 0 Å². The van der Waals surface area contributed by atoms with Crippen molar-refractivity contribution in [1.82, 2.24) is 9.80 Å². The van der Waals surface area contributed by atoms with Gasteiger partial charge in [0.1, 0.15) is 6.04 Å². The summed E-state index contributed by atoms with van der Waals surface area (Å²) in [5.41, 5.74) is 0.787. The van der Waals surface area contributed by atoms with Crippen LogP contribution >= 0.6 is 0 Å². The summed E-state index contributed by atoms with van der Waals surface area (Å²) in [6.07, 6.45) is 5.45. The average Bonchev–Trinajstić information content (AvgIpc) is 2.78. The number of rotatable bonds is 2. The van der Waals surface area contributed by atoms with Crippen LogP contribution in [0, 0.1) is 0 Å². The predicted molar refractivity (Wildman–Crippen MR) is 86.1 cm³/mol. The second-order valence-electron chi connectivity index (χ2n) is 6.29. The number of imide groups is 1. The lowest BCUT2D eigenvalue weighted by atomic mass is 10.1. The number of amides is 3. The monoisotopic (exact) mass is 314 g/mol. The molecule has 1 atom stereocenters. The molecule has 2 heterocycles. The first kappa shape index (κ1) is 15.7. The molecule has 0 radical (unpaired) electrons. The Hall–Kier alpha value is -2.17. The van der Waals surface area contributed by atoms with Gasteiger partial charge < -0.3 is 4.90 Å². The molecule has 3 rings (SSSR count). The average molecular weight is 314 g/mol. The number of hydrogen-bond acceptors (Lipinski definition) is 3. The summed E-state index contributed by atoms with van der Waals surface area (Å²) in [5, 5.41) is 0. The Morgan fingerprint density at radius 3 is 1.91 bits per heavy atom. The van der Waals surface area contributed by atoms with Gasteiger partial charge in [-0.1, -0.05) is 31.4 Å². The zero-order valence-corrected chi connectivity index (χ0v) is 13.5. The first-order valence-electron chi connectivity index (χ1n) is 8.37. The second-order valence-corrected chi connectivity index (χ2v) is 6.29. The van der Waals surface area contributed by atoms with Crippen LogP contribution in [0.3, 0.4) is 0 Å². The maximum atomic E-state index is 12.8. The van der Waals surface area contributed by atoms with Crippen molar-refractivity contribution in [3.05, 3.63) is 35.4 Å². The maximum absolute atomic E-state index is 12.8. The Balaban J connectivity index is 1.77. The van der Waals surface area contributed by atoms with Crippen molar-refractivity contribution in [3.63, 3.8) is 0 Å². The summed E-state index contributed by atoms with van der Waals surface area (Å²) in [6, 6.07) is 6.00. The zero-order valence-electron chi connectivity index (χ0n) is 13.5. The van der Waals surface area contributed by atoms with E-state index in [4.69, 9.17) is 0 Å². The van der Waals surface area contributed by atoms with E-state index in [0.29, 0.717) is 24.2 Å². The van der Waals surface area contributed by atoms with Crippen LogP contribution in [-0.4, -0.2) is 46.7 Å². The minimum Gasteiger partial charge on any atom is -0.341 e. The van der Waals surface area contributed by atoms with E-state index in [1.807, 2.05) is 4.90 Å². The highest BCUT2D eigenvalue weighted by molar-refractivity contribution is 6.22. The molecule has 0 spiro atoms. The molecule has 0 saturated carbocycles. The minimum absolute atomic E-state index is 0.124. The maximum Gasteiger partial charge on any atom is 0.262 e. The van der Waals surface area contributed by atoms with E-state index in [1.165, 1.54) is 6.42 Å². The smallest absolute Gasteiger partial charge is 0.262 e. The number of benzene rings is 1. The van der Waals surface area contributed by atoms with Gasteiger partial charge in [0, 0.05) is 13.1 Å². The molecule has 23 heavy (non-hydrogen) atoms. The van der Waals surface area contributed by atoms with Crippen LogP contribution in [0.2, 0.25) is 0 Å². The molecule has 5 nitrogen and oxygen atoms in total. The lowest BCUT2D eigenvalue weighted by Crippen LogP contribution is -2.50. The van der Waals surface area contributed by atoms with Crippen LogP contribution in [0.4, 0.5) is 0 Å². The van der Waals surface area contributed by atoms with Crippen LogP contribution in [0.15, 0.2) is 24.3 Å². The van der Waals surface area contributed by atoms with Gasteiger partial charge in [-0.25, -0.2) is 0 Å². The Bertz CT molecular complexity index is 598. The van der Waals surface area contributed by atoms with Gasteiger partial charge in [0.15, 0.2) is 0 Å². The number of carbonyl (C=O) groups excluding carboxylic acids is 3. The van der Waals surface area contributed by atoms with Gasteiger partial charge in [-0.05, 0) is 31.9 Å². The molecule has 122 valence electrons. The Labute approximate surface area is 136 Å². The van der Waals surface area contributed by atoms with Gasteiger partial charge in [0.25, 0.3) is 11.8 Å². The zero-order chi connectivity index (χ0) is 16.4. The lowest BCUT2D eigenvalue weighted by molar-refractivity contribution is -0.135. The third-order valence-corrected chi connectivity index (χ3v) is 4.74. The Kier molecular flexibility index (Phi) is 4.46. The van der Waals surface area contributed by atoms with Gasteiger partial charge in [-0.3, -0.25) is 19.3 Å². The van der Waals surface area contributed by atoms with E-state index in [1.54, 1.807) is 31.2 Å². The van der Waals surface area contributed by atoms with E-state index in [-0.39, 0.29) is 17.7 Å². The Morgan fingerprint density at radius 1 is 0.913 bits per heavy atom. The molecule has 0 bridgehead atoms.